The predicted octanol–water partition coefficient (Wildman–Crippen LogP) is 15.3. The third-order valence-corrected chi connectivity index (χ3v) is 11.2. The minimum absolute atomic E-state index is 0.861. The second-order valence-corrected chi connectivity index (χ2v) is 14.6. The van der Waals surface area contributed by atoms with Crippen LogP contribution in [0.5, 0.6) is 0 Å². The van der Waals surface area contributed by atoms with E-state index in [0.29, 0.717) is 0 Å². The molecule has 0 bridgehead atoms. The third-order valence-electron chi connectivity index (χ3n) is 11.2. The Hall–Kier alpha value is -7.82. The molecule has 0 fully saturated rings. The molecule has 11 rings (SSSR count). The van der Waals surface area contributed by atoms with Crippen LogP contribution in [0, 0.1) is 0 Å². The fourth-order valence-corrected chi connectivity index (χ4v) is 8.46. The Morgan fingerprint density at radius 1 is 0.293 bits per heavy atom. The molecule has 0 atom stereocenters. The fourth-order valence-electron chi connectivity index (χ4n) is 8.46. The van der Waals surface area contributed by atoms with Crippen molar-refractivity contribution >= 4 is 77.9 Å². The van der Waals surface area contributed by atoms with Gasteiger partial charge in [0.25, 0.3) is 0 Å². The molecule has 0 amide bonds. The van der Waals surface area contributed by atoms with Crippen molar-refractivity contribution in [3.8, 4) is 16.8 Å². The Morgan fingerprint density at radius 3 is 1.43 bits per heavy atom. The van der Waals surface area contributed by atoms with Crippen molar-refractivity contribution in [2.45, 2.75) is 0 Å². The first kappa shape index (κ1) is 33.5. The van der Waals surface area contributed by atoms with Crippen LogP contribution in [0.1, 0.15) is 0 Å². The van der Waals surface area contributed by atoms with Crippen LogP contribution in [-0.4, -0.2) is 4.57 Å². The molecule has 9 aromatic carbocycles. The van der Waals surface area contributed by atoms with Gasteiger partial charge >= 0.3 is 0 Å². The summed E-state index contributed by atoms with van der Waals surface area (Å²) in [6, 6.07) is 79.8. The van der Waals surface area contributed by atoms with Gasteiger partial charge in [0.15, 0.2) is 0 Å². The largest absolute Gasteiger partial charge is 0.456 e. The van der Waals surface area contributed by atoms with Gasteiger partial charge in [0.05, 0.1) is 11.0 Å². The molecule has 0 aliphatic heterocycles. The summed E-state index contributed by atoms with van der Waals surface area (Å²) in [4.78, 5) is 4.65. The highest BCUT2D eigenvalue weighted by Gasteiger charge is 2.20. The van der Waals surface area contributed by atoms with E-state index in [9.17, 15) is 0 Å². The second-order valence-electron chi connectivity index (χ2n) is 14.6. The van der Waals surface area contributed by atoms with Crippen LogP contribution < -0.4 is 9.80 Å². The Balaban J connectivity index is 1.04. The van der Waals surface area contributed by atoms with Gasteiger partial charge in [-0.3, -0.25) is 0 Å². The topological polar surface area (TPSA) is 24.6 Å². The number of hydrogen-bond acceptors (Lipinski definition) is 3. The molecule has 0 saturated heterocycles. The number of furan rings is 1. The van der Waals surface area contributed by atoms with Crippen LogP contribution >= 0.6 is 0 Å². The van der Waals surface area contributed by atoms with Crippen molar-refractivity contribution in [3.63, 3.8) is 0 Å². The van der Waals surface area contributed by atoms with Crippen LogP contribution in [0.3, 0.4) is 0 Å². The molecule has 0 saturated carbocycles. The summed E-state index contributed by atoms with van der Waals surface area (Å²) in [5, 5.41) is 4.69. The first-order valence-corrected chi connectivity index (χ1v) is 19.7. The predicted molar refractivity (Wildman–Crippen MR) is 243 cm³/mol. The molecule has 0 radical (unpaired) electrons. The van der Waals surface area contributed by atoms with Gasteiger partial charge in [-0.1, -0.05) is 121 Å². The van der Waals surface area contributed by atoms with Crippen LogP contribution in [0.15, 0.2) is 229 Å². The molecule has 0 N–H and O–H groups in total. The molecule has 2 aromatic heterocycles. The monoisotopic (exact) mass is 743 g/mol. The lowest BCUT2D eigenvalue weighted by molar-refractivity contribution is 0.669. The zero-order chi connectivity index (χ0) is 38.4. The molecule has 0 unspecified atom stereocenters. The number of fused-ring (bicyclic) bond motifs is 6. The maximum absolute atomic E-state index is 6.39. The van der Waals surface area contributed by atoms with Gasteiger partial charge < -0.3 is 18.8 Å². The minimum Gasteiger partial charge on any atom is -0.456 e. The van der Waals surface area contributed by atoms with E-state index in [1.807, 2.05) is 12.1 Å². The molecule has 274 valence electrons. The molecule has 0 spiro atoms. The number of rotatable bonds is 8. The molecule has 2 heterocycles. The van der Waals surface area contributed by atoms with Crippen molar-refractivity contribution in [1.29, 1.82) is 0 Å². The van der Waals surface area contributed by atoms with E-state index in [-0.39, 0.29) is 0 Å². The summed E-state index contributed by atoms with van der Waals surface area (Å²) in [6.07, 6.45) is 0. The van der Waals surface area contributed by atoms with E-state index in [4.69, 9.17) is 4.42 Å². The molecule has 11 aromatic rings. The van der Waals surface area contributed by atoms with Gasteiger partial charge in [-0.15, -0.1) is 0 Å². The van der Waals surface area contributed by atoms with Crippen LogP contribution in [0.4, 0.5) is 34.1 Å². The Kier molecular flexibility index (Phi) is 8.11. The maximum Gasteiger partial charge on any atom is 0.137 e. The number of nitrogens with zero attached hydrogens (tertiary/aromatic N) is 3. The average molecular weight is 744 g/mol. The smallest absolute Gasteiger partial charge is 0.137 e. The first-order chi connectivity index (χ1) is 28.8. The first-order valence-electron chi connectivity index (χ1n) is 19.7. The third kappa shape index (κ3) is 5.78. The van der Waals surface area contributed by atoms with Crippen molar-refractivity contribution in [2.75, 3.05) is 9.80 Å². The van der Waals surface area contributed by atoms with Crippen molar-refractivity contribution < 1.29 is 4.42 Å². The van der Waals surface area contributed by atoms with E-state index in [0.717, 1.165) is 67.3 Å². The molecule has 0 aliphatic rings. The van der Waals surface area contributed by atoms with Gasteiger partial charge in [0.2, 0.25) is 0 Å². The van der Waals surface area contributed by atoms with Crippen molar-refractivity contribution in [3.05, 3.63) is 224 Å². The summed E-state index contributed by atoms with van der Waals surface area (Å²) in [6.45, 7) is 0. The molecular formula is C54H37N3O. The van der Waals surface area contributed by atoms with E-state index < -0.39 is 0 Å². The summed E-state index contributed by atoms with van der Waals surface area (Å²) in [7, 11) is 0. The van der Waals surface area contributed by atoms with E-state index in [2.05, 4.69) is 227 Å². The van der Waals surface area contributed by atoms with Crippen LogP contribution in [0.25, 0.3) is 60.6 Å². The molecule has 58 heavy (non-hydrogen) atoms. The number of hydrogen-bond donors (Lipinski definition) is 0. The normalized spacial score (nSPS) is 11.4. The van der Waals surface area contributed by atoms with Crippen LogP contribution in [0.2, 0.25) is 0 Å². The second kappa shape index (κ2) is 14.0. The number of aromatic nitrogens is 1. The fraction of sp³-hybridized carbons (Fsp3) is 0. The molecular weight excluding hydrogens is 707 g/mol. The van der Waals surface area contributed by atoms with Crippen molar-refractivity contribution in [1.82, 2.24) is 4.57 Å². The van der Waals surface area contributed by atoms with Crippen LogP contribution in [-0.2, 0) is 0 Å². The zero-order valence-corrected chi connectivity index (χ0v) is 31.6. The minimum atomic E-state index is 0.861. The number of anilines is 6. The zero-order valence-electron chi connectivity index (χ0n) is 31.6. The summed E-state index contributed by atoms with van der Waals surface area (Å²) in [5.41, 5.74) is 13.9. The number of benzene rings is 9. The number of para-hydroxylation sites is 4. The lowest BCUT2D eigenvalue weighted by Gasteiger charge is -2.28. The molecule has 0 aliphatic carbocycles. The van der Waals surface area contributed by atoms with E-state index >= 15 is 0 Å². The van der Waals surface area contributed by atoms with E-state index in [1.54, 1.807) is 0 Å². The molecule has 4 heteroatoms. The summed E-state index contributed by atoms with van der Waals surface area (Å²) >= 11 is 0. The van der Waals surface area contributed by atoms with Gasteiger partial charge in [0.1, 0.15) is 11.2 Å². The van der Waals surface area contributed by atoms with Gasteiger partial charge in [0, 0.05) is 67.4 Å². The SMILES string of the molecule is c1ccc(-c2ccc(N(c3ccc(N(c4ccccc4)c4ccc5c6ccccc6n(-c6ccccc6)c5c4)cc3)c3ccc4c(c3)oc3ccccc34)cc2)cc1. The lowest BCUT2D eigenvalue weighted by Crippen LogP contribution is -2.12. The van der Waals surface area contributed by atoms with Crippen molar-refractivity contribution in [2.24, 2.45) is 0 Å². The highest BCUT2D eigenvalue weighted by atomic mass is 16.3. The van der Waals surface area contributed by atoms with E-state index in [1.165, 1.54) is 27.4 Å². The Bertz CT molecular complexity index is 3180. The quantitative estimate of drug-likeness (QED) is 0.155. The summed E-state index contributed by atoms with van der Waals surface area (Å²) < 4.78 is 8.77. The van der Waals surface area contributed by atoms with Gasteiger partial charge in [-0.05, 0) is 108 Å². The standard InChI is InChI=1S/C54H37N3O/c1-4-14-38(15-5-1)39-24-26-42(27-25-39)56(46-33-35-50-49-21-11-13-23-53(49)58-54(50)37-46)44-30-28-43(29-31-44)55(40-16-6-2-7-17-40)45-32-34-48-47-20-10-12-22-51(47)57(52(48)36-45)41-18-8-3-9-19-41/h1-37H. The van der Waals surface area contributed by atoms with Gasteiger partial charge in [-0.2, -0.15) is 0 Å². The highest BCUT2D eigenvalue weighted by molar-refractivity contribution is 6.10. The lowest BCUT2D eigenvalue weighted by atomic mass is 10.0. The highest BCUT2D eigenvalue weighted by Crippen LogP contribution is 2.43. The maximum atomic E-state index is 6.39. The Labute approximate surface area is 336 Å². The van der Waals surface area contributed by atoms with Gasteiger partial charge in [-0.25, -0.2) is 0 Å². The Morgan fingerprint density at radius 2 is 0.741 bits per heavy atom. The molecule has 4 nitrogen and oxygen atoms in total. The summed E-state index contributed by atoms with van der Waals surface area (Å²) in [5.74, 6) is 0. The average Bonchev–Trinajstić information content (AvgIpc) is 3.83.